The summed E-state index contributed by atoms with van der Waals surface area (Å²) in [5.74, 6) is -0.254. The number of benzene rings is 2. The van der Waals surface area contributed by atoms with Crippen molar-refractivity contribution in [1.29, 1.82) is 5.26 Å². The van der Waals surface area contributed by atoms with E-state index in [1.165, 1.54) is 6.07 Å². The van der Waals surface area contributed by atoms with Crippen molar-refractivity contribution in [2.75, 3.05) is 0 Å². The third-order valence-electron chi connectivity index (χ3n) is 3.44. The molecule has 0 spiro atoms. The van der Waals surface area contributed by atoms with Gasteiger partial charge in [0.25, 0.3) is 0 Å². The maximum atomic E-state index is 13.6. The lowest BCUT2D eigenvalue weighted by Gasteiger charge is -2.06. The molecular formula is C16H12FN3S. The second-order valence-corrected chi connectivity index (χ2v) is 5.27. The fourth-order valence-electron chi connectivity index (χ4n) is 2.34. The van der Waals surface area contributed by atoms with E-state index in [2.05, 4.69) is 11.1 Å². The van der Waals surface area contributed by atoms with Crippen LogP contribution in [-0.4, -0.2) is 9.55 Å². The molecule has 3 nitrogen and oxygen atoms in total. The van der Waals surface area contributed by atoms with E-state index in [1.54, 1.807) is 13.0 Å². The van der Waals surface area contributed by atoms with Gasteiger partial charge in [-0.1, -0.05) is 12.1 Å². The van der Waals surface area contributed by atoms with Gasteiger partial charge in [-0.25, -0.2) is 4.39 Å². The second-order valence-electron chi connectivity index (χ2n) is 4.89. The maximum absolute atomic E-state index is 13.6. The number of fused-ring (bicyclic) bond motifs is 1. The third kappa shape index (κ3) is 2.34. The number of halogens is 1. The highest BCUT2D eigenvalue weighted by Gasteiger charge is 2.09. The summed E-state index contributed by atoms with van der Waals surface area (Å²) in [6, 6.07) is 13.0. The lowest BCUT2D eigenvalue weighted by Crippen LogP contribution is -1.95. The van der Waals surface area contributed by atoms with E-state index in [0.29, 0.717) is 22.3 Å². The molecule has 0 amide bonds. The Hall–Kier alpha value is -2.45. The topological polar surface area (TPSA) is 44.5 Å². The van der Waals surface area contributed by atoms with E-state index in [-0.39, 0.29) is 5.82 Å². The molecule has 0 fully saturated rings. The molecule has 0 atom stereocenters. The molecule has 0 aliphatic carbocycles. The summed E-state index contributed by atoms with van der Waals surface area (Å²) in [7, 11) is 0. The van der Waals surface area contributed by atoms with Gasteiger partial charge in [-0.3, -0.25) is 4.57 Å². The quantitative estimate of drug-likeness (QED) is 0.720. The number of nitriles is 1. The van der Waals surface area contributed by atoms with Crippen LogP contribution < -0.4 is 0 Å². The first kappa shape index (κ1) is 13.5. The minimum atomic E-state index is -0.254. The second kappa shape index (κ2) is 5.15. The Morgan fingerprint density at radius 2 is 2.00 bits per heavy atom. The summed E-state index contributed by atoms with van der Waals surface area (Å²) in [5.41, 5.74) is 3.93. The SMILES string of the molecule is Cc1cc2c(cc1F)[nH]c(=S)n2-c1ccc(CC#N)cc1. The summed E-state index contributed by atoms with van der Waals surface area (Å²) in [6.07, 6.45) is 0.379. The molecule has 1 N–H and O–H groups in total. The monoisotopic (exact) mass is 297 g/mol. The summed E-state index contributed by atoms with van der Waals surface area (Å²) in [6.45, 7) is 1.73. The fraction of sp³-hybridized carbons (Fsp3) is 0.125. The molecule has 1 aromatic heterocycles. The van der Waals surface area contributed by atoms with Crippen LogP contribution in [0.15, 0.2) is 36.4 Å². The fourth-order valence-corrected chi connectivity index (χ4v) is 2.66. The van der Waals surface area contributed by atoms with Crippen LogP contribution in [0.2, 0.25) is 0 Å². The van der Waals surface area contributed by atoms with Crippen LogP contribution in [0.1, 0.15) is 11.1 Å². The molecule has 3 rings (SSSR count). The number of hydrogen-bond acceptors (Lipinski definition) is 2. The van der Waals surface area contributed by atoms with Crippen LogP contribution in [0.4, 0.5) is 4.39 Å². The van der Waals surface area contributed by atoms with E-state index in [1.807, 2.05) is 28.8 Å². The van der Waals surface area contributed by atoms with Crippen LogP contribution in [0, 0.1) is 28.8 Å². The molecule has 0 saturated heterocycles. The van der Waals surface area contributed by atoms with E-state index in [0.717, 1.165) is 16.8 Å². The highest BCUT2D eigenvalue weighted by Crippen LogP contribution is 2.23. The van der Waals surface area contributed by atoms with Gasteiger partial charge in [-0.15, -0.1) is 0 Å². The minimum absolute atomic E-state index is 0.254. The Bertz CT molecular complexity index is 914. The zero-order valence-electron chi connectivity index (χ0n) is 11.4. The zero-order chi connectivity index (χ0) is 15.0. The van der Waals surface area contributed by atoms with E-state index in [9.17, 15) is 4.39 Å². The predicted molar refractivity (Wildman–Crippen MR) is 82.5 cm³/mol. The summed E-state index contributed by atoms with van der Waals surface area (Å²) < 4.78 is 16.0. The minimum Gasteiger partial charge on any atom is -0.330 e. The van der Waals surface area contributed by atoms with Crippen molar-refractivity contribution in [2.45, 2.75) is 13.3 Å². The lowest BCUT2D eigenvalue weighted by molar-refractivity contribution is 0.620. The summed E-state index contributed by atoms with van der Waals surface area (Å²) in [5, 5.41) is 8.70. The molecule has 5 heteroatoms. The molecule has 0 saturated carbocycles. The molecule has 3 aromatic rings. The largest absolute Gasteiger partial charge is 0.330 e. The van der Waals surface area contributed by atoms with Crippen LogP contribution in [0.5, 0.6) is 0 Å². The van der Waals surface area contributed by atoms with Crippen molar-refractivity contribution in [2.24, 2.45) is 0 Å². The molecular weight excluding hydrogens is 285 g/mol. The highest BCUT2D eigenvalue weighted by atomic mass is 32.1. The van der Waals surface area contributed by atoms with Crippen molar-refractivity contribution >= 4 is 23.3 Å². The lowest BCUT2D eigenvalue weighted by atomic mass is 10.1. The first-order chi connectivity index (χ1) is 10.1. The number of nitrogens with one attached hydrogen (secondary N) is 1. The smallest absolute Gasteiger partial charge is 0.182 e. The third-order valence-corrected chi connectivity index (χ3v) is 3.72. The number of aryl methyl sites for hydroxylation is 1. The maximum Gasteiger partial charge on any atom is 0.182 e. The molecule has 21 heavy (non-hydrogen) atoms. The van der Waals surface area contributed by atoms with Crippen molar-refractivity contribution in [1.82, 2.24) is 9.55 Å². The van der Waals surface area contributed by atoms with Gasteiger partial charge in [0, 0.05) is 5.69 Å². The Kier molecular flexibility index (Phi) is 3.32. The number of rotatable bonds is 2. The standard InChI is InChI=1S/C16H12FN3S/c1-10-8-15-14(9-13(10)17)19-16(21)20(15)12-4-2-11(3-5-12)6-7-18/h2-5,8-9H,6H2,1H3,(H,19,21). The van der Waals surface area contributed by atoms with Gasteiger partial charge < -0.3 is 4.98 Å². The Labute approximate surface area is 126 Å². The average molecular weight is 297 g/mol. The van der Waals surface area contributed by atoms with Gasteiger partial charge in [0.1, 0.15) is 5.82 Å². The molecule has 0 radical (unpaired) electrons. The van der Waals surface area contributed by atoms with Crippen molar-refractivity contribution in [3.05, 3.63) is 58.1 Å². The predicted octanol–water partition coefficient (Wildman–Crippen LogP) is 4.20. The van der Waals surface area contributed by atoms with Crippen molar-refractivity contribution < 1.29 is 4.39 Å². The number of aromatic nitrogens is 2. The van der Waals surface area contributed by atoms with Gasteiger partial charge in [0.2, 0.25) is 0 Å². The summed E-state index contributed by atoms with van der Waals surface area (Å²) >= 11 is 5.34. The van der Waals surface area contributed by atoms with Crippen molar-refractivity contribution in [3.63, 3.8) is 0 Å². The van der Waals surface area contributed by atoms with Gasteiger partial charge >= 0.3 is 0 Å². The summed E-state index contributed by atoms with van der Waals surface area (Å²) in [4.78, 5) is 3.02. The average Bonchev–Trinajstić information content (AvgIpc) is 2.76. The number of aromatic amines is 1. The van der Waals surface area contributed by atoms with E-state index in [4.69, 9.17) is 17.5 Å². The molecule has 104 valence electrons. The van der Waals surface area contributed by atoms with Gasteiger partial charge in [-0.05, 0) is 54.5 Å². The molecule has 2 aromatic carbocycles. The first-order valence-electron chi connectivity index (χ1n) is 6.47. The van der Waals surface area contributed by atoms with E-state index < -0.39 is 0 Å². The van der Waals surface area contributed by atoms with Crippen LogP contribution >= 0.6 is 12.2 Å². The molecule has 1 heterocycles. The number of H-pyrrole nitrogens is 1. The first-order valence-corrected chi connectivity index (χ1v) is 6.88. The Morgan fingerprint density at radius 3 is 2.67 bits per heavy atom. The number of imidazole rings is 1. The van der Waals surface area contributed by atoms with Crippen LogP contribution in [0.3, 0.4) is 0 Å². The number of hydrogen-bond donors (Lipinski definition) is 1. The molecule has 0 bridgehead atoms. The Morgan fingerprint density at radius 1 is 1.29 bits per heavy atom. The zero-order valence-corrected chi connectivity index (χ0v) is 12.2. The molecule has 0 aliphatic rings. The highest BCUT2D eigenvalue weighted by molar-refractivity contribution is 7.71. The Balaban J connectivity index is 2.20. The normalized spacial score (nSPS) is 10.7. The molecule has 0 unspecified atom stereocenters. The molecule has 0 aliphatic heterocycles. The van der Waals surface area contributed by atoms with Gasteiger partial charge in [0.05, 0.1) is 23.5 Å². The van der Waals surface area contributed by atoms with Gasteiger partial charge in [0.15, 0.2) is 4.77 Å². The number of nitrogens with zero attached hydrogens (tertiary/aromatic N) is 2. The van der Waals surface area contributed by atoms with Crippen LogP contribution in [0.25, 0.3) is 16.7 Å². The van der Waals surface area contributed by atoms with Crippen LogP contribution in [-0.2, 0) is 6.42 Å². The van der Waals surface area contributed by atoms with Crippen molar-refractivity contribution in [3.8, 4) is 11.8 Å². The van der Waals surface area contributed by atoms with E-state index >= 15 is 0 Å². The van der Waals surface area contributed by atoms with Gasteiger partial charge in [-0.2, -0.15) is 5.26 Å².